The van der Waals surface area contributed by atoms with Gasteiger partial charge in [0, 0.05) is 37.9 Å². The van der Waals surface area contributed by atoms with Crippen molar-refractivity contribution < 1.29 is 19.1 Å². The molecule has 2 amide bonds. The van der Waals surface area contributed by atoms with Gasteiger partial charge in [-0.05, 0) is 49.2 Å². The average Bonchev–Trinajstić information content (AvgIpc) is 2.79. The van der Waals surface area contributed by atoms with E-state index in [4.69, 9.17) is 9.47 Å². The Hall–Kier alpha value is -3.06. The van der Waals surface area contributed by atoms with E-state index in [1.807, 2.05) is 55.5 Å². The highest BCUT2D eigenvalue weighted by Gasteiger charge is 2.15. The molecule has 1 N–H and O–H groups in total. The number of amides is 2. The Bertz CT molecular complexity index is 863. The fourth-order valence-corrected chi connectivity index (χ4v) is 3.52. The number of nitrogens with zero attached hydrogens (tertiary/aromatic N) is 2. The highest BCUT2D eigenvalue weighted by molar-refractivity contribution is 5.94. The summed E-state index contributed by atoms with van der Waals surface area (Å²) >= 11 is 0. The number of likely N-dealkylation sites (N-methyl/N-ethyl adjacent to an activating group) is 1. The quantitative estimate of drug-likeness (QED) is 0.669. The topological polar surface area (TPSA) is 71.1 Å². The second kappa shape index (κ2) is 11.4. The number of morpholine rings is 1. The molecule has 0 unspecified atom stereocenters. The summed E-state index contributed by atoms with van der Waals surface area (Å²) in [5.41, 5.74) is 2.82. The third-order valence-electron chi connectivity index (χ3n) is 5.21. The summed E-state index contributed by atoms with van der Waals surface area (Å²) in [5.74, 6) is 0.507. The molecule has 0 atom stereocenters. The van der Waals surface area contributed by atoms with Gasteiger partial charge in [-0.3, -0.25) is 9.59 Å². The Labute approximate surface area is 183 Å². The van der Waals surface area contributed by atoms with Crippen LogP contribution in [-0.4, -0.2) is 63.2 Å². The fourth-order valence-electron chi connectivity index (χ4n) is 3.52. The van der Waals surface area contributed by atoms with Gasteiger partial charge in [-0.2, -0.15) is 0 Å². The van der Waals surface area contributed by atoms with Crippen molar-refractivity contribution in [3.05, 3.63) is 54.1 Å². The van der Waals surface area contributed by atoms with Gasteiger partial charge >= 0.3 is 0 Å². The Morgan fingerprint density at radius 2 is 1.81 bits per heavy atom. The molecule has 0 bridgehead atoms. The molecule has 1 heterocycles. The average molecular weight is 426 g/mol. The van der Waals surface area contributed by atoms with E-state index < -0.39 is 0 Å². The minimum absolute atomic E-state index is 0.0111. The molecule has 166 valence electrons. The molecule has 7 heteroatoms. The maximum Gasteiger partial charge on any atom is 0.243 e. The van der Waals surface area contributed by atoms with E-state index in [0.29, 0.717) is 25.1 Å². The van der Waals surface area contributed by atoms with Gasteiger partial charge in [0.05, 0.1) is 26.4 Å². The summed E-state index contributed by atoms with van der Waals surface area (Å²) in [7, 11) is 1.65. The highest BCUT2D eigenvalue weighted by atomic mass is 16.5. The van der Waals surface area contributed by atoms with Crippen LogP contribution in [0.3, 0.4) is 0 Å². The molecule has 2 aromatic rings. The minimum Gasteiger partial charge on any atom is -0.494 e. The number of ether oxygens (including phenoxy) is 2. The van der Waals surface area contributed by atoms with Crippen molar-refractivity contribution in [1.29, 1.82) is 0 Å². The lowest BCUT2D eigenvalue weighted by Crippen LogP contribution is -2.36. The van der Waals surface area contributed by atoms with Crippen molar-refractivity contribution in [2.45, 2.75) is 19.8 Å². The number of benzene rings is 2. The normalized spacial score (nSPS) is 13.5. The summed E-state index contributed by atoms with van der Waals surface area (Å²) in [6, 6.07) is 15.5. The van der Waals surface area contributed by atoms with Crippen LogP contribution in [0.4, 0.5) is 11.4 Å². The molecular formula is C24H31N3O4. The van der Waals surface area contributed by atoms with Crippen molar-refractivity contribution in [2.75, 3.05) is 56.7 Å². The Morgan fingerprint density at radius 1 is 1.10 bits per heavy atom. The second-order valence-electron chi connectivity index (χ2n) is 7.49. The largest absolute Gasteiger partial charge is 0.494 e. The molecule has 0 aromatic heterocycles. The SMILES string of the molecule is CCOc1ccccc1CCC(=O)N(C)CC(=O)Nc1ccc(N2CCOCC2)cc1. The molecule has 3 rings (SSSR count). The second-order valence-corrected chi connectivity index (χ2v) is 7.49. The molecule has 0 saturated carbocycles. The van der Waals surface area contributed by atoms with Crippen molar-refractivity contribution in [1.82, 2.24) is 4.90 Å². The zero-order chi connectivity index (χ0) is 22.1. The summed E-state index contributed by atoms with van der Waals surface area (Å²) < 4.78 is 11.0. The van der Waals surface area contributed by atoms with E-state index in [-0.39, 0.29) is 18.4 Å². The molecule has 31 heavy (non-hydrogen) atoms. The lowest BCUT2D eigenvalue weighted by molar-refractivity contribution is -0.133. The van der Waals surface area contributed by atoms with Gasteiger partial charge in [-0.25, -0.2) is 0 Å². The van der Waals surface area contributed by atoms with Crippen LogP contribution in [-0.2, 0) is 20.7 Å². The van der Waals surface area contributed by atoms with Crippen molar-refractivity contribution in [3.63, 3.8) is 0 Å². The van der Waals surface area contributed by atoms with Gasteiger partial charge < -0.3 is 24.6 Å². The number of carbonyl (C=O) groups is 2. The summed E-state index contributed by atoms with van der Waals surface area (Å²) in [6.07, 6.45) is 0.895. The number of aryl methyl sites for hydroxylation is 1. The van der Waals surface area contributed by atoms with E-state index in [0.717, 1.165) is 43.3 Å². The molecule has 7 nitrogen and oxygen atoms in total. The first-order chi connectivity index (χ1) is 15.1. The third-order valence-corrected chi connectivity index (χ3v) is 5.21. The monoisotopic (exact) mass is 425 g/mol. The smallest absolute Gasteiger partial charge is 0.243 e. The summed E-state index contributed by atoms with van der Waals surface area (Å²) in [6.45, 7) is 5.73. The molecule has 2 aromatic carbocycles. The Morgan fingerprint density at radius 3 is 2.52 bits per heavy atom. The Balaban J connectivity index is 1.46. The van der Waals surface area contributed by atoms with Crippen molar-refractivity contribution in [3.8, 4) is 5.75 Å². The predicted molar refractivity (Wildman–Crippen MR) is 122 cm³/mol. The molecule has 1 saturated heterocycles. The first-order valence-electron chi connectivity index (χ1n) is 10.7. The third kappa shape index (κ3) is 6.72. The number of para-hydroxylation sites is 1. The van der Waals surface area contributed by atoms with Gasteiger partial charge in [-0.1, -0.05) is 18.2 Å². The van der Waals surface area contributed by atoms with E-state index in [9.17, 15) is 9.59 Å². The molecule has 0 aliphatic carbocycles. The maximum absolute atomic E-state index is 12.5. The molecule has 1 aliphatic heterocycles. The van der Waals surface area contributed by atoms with E-state index in [2.05, 4.69) is 10.2 Å². The van der Waals surface area contributed by atoms with Crippen LogP contribution in [0.2, 0.25) is 0 Å². The molecular weight excluding hydrogens is 394 g/mol. The minimum atomic E-state index is -0.218. The van der Waals surface area contributed by atoms with Crippen LogP contribution >= 0.6 is 0 Å². The van der Waals surface area contributed by atoms with Crippen LogP contribution in [0.25, 0.3) is 0 Å². The van der Waals surface area contributed by atoms with Crippen LogP contribution in [0.5, 0.6) is 5.75 Å². The van der Waals surface area contributed by atoms with Crippen LogP contribution in [0, 0.1) is 0 Å². The van der Waals surface area contributed by atoms with Crippen LogP contribution < -0.4 is 15.0 Å². The summed E-state index contributed by atoms with van der Waals surface area (Å²) in [4.78, 5) is 28.6. The number of anilines is 2. The van der Waals surface area contributed by atoms with Gasteiger partial charge in [-0.15, -0.1) is 0 Å². The number of carbonyl (C=O) groups excluding carboxylic acids is 2. The first-order valence-corrected chi connectivity index (χ1v) is 10.7. The first kappa shape index (κ1) is 22.6. The van der Waals surface area contributed by atoms with Crippen LogP contribution in [0.15, 0.2) is 48.5 Å². The standard InChI is InChI=1S/C24H31N3O4/c1-3-31-22-7-5-4-6-19(22)8-13-24(29)26(2)18-23(28)25-20-9-11-21(12-10-20)27-14-16-30-17-15-27/h4-7,9-12H,3,8,13-18H2,1-2H3,(H,25,28). The molecule has 0 spiro atoms. The molecule has 0 radical (unpaired) electrons. The lowest BCUT2D eigenvalue weighted by Gasteiger charge is -2.28. The van der Waals surface area contributed by atoms with E-state index >= 15 is 0 Å². The van der Waals surface area contributed by atoms with Gasteiger partial charge in [0.2, 0.25) is 11.8 Å². The van der Waals surface area contributed by atoms with E-state index in [1.54, 1.807) is 7.05 Å². The van der Waals surface area contributed by atoms with Crippen molar-refractivity contribution in [2.24, 2.45) is 0 Å². The number of rotatable bonds is 9. The lowest BCUT2D eigenvalue weighted by atomic mass is 10.1. The fraction of sp³-hybridized carbons (Fsp3) is 0.417. The van der Waals surface area contributed by atoms with Gasteiger partial charge in [0.1, 0.15) is 5.75 Å². The molecule has 1 fully saturated rings. The maximum atomic E-state index is 12.5. The zero-order valence-corrected chi connectivity index (χ0v) is 18.3. The Kier molecular flexibility index (Phi) is 8.29. The predicted octanol–water partition coefficient (Wildman–Crippen LogP) is 2.95. The van der Waals surface area contributed by atoms with E-state index in [1.165, 1.54) is 4.90 Å². The number of nitrogens with one attached hydrogen (secondary N) is 1. The highest BCUT2D eigenvalue weighted by Crippen LogP contribution is 2.20. The number of hydrogen-bond donors (Lipinski definition) is 1. The van der Waals surface area contributed by atoms with Gasteiger partial charge in [0.15, 0.2) is 0 Å². The summed E-state index contributed by atoms with van der Waals surface area (Å²) in [5, 5.41) is 2.86. The zero-order valence-electron chi connectivity index (χ0n) is 18.3. The van der Waals surface area contributed by atoms with Gasteiger partial charge in [0.25, 0.3) is 0 Å². The van der Waals surface area contributed by atoms with Crippen LogP contribution in [0.1, 0.15) is 18.9 Å². The number of hydrogen-bond acceptors (Lipinski definition) is 5. The molecule has 1 aliphatic rings. The van der Waals surface area contributed by atoms with Crippen molar-refractivity contribution >= 4 is 23.2 Å².